The number of anilines is 2. The molecule has 0 saturated heterocycles. The molecule has 0 fully saturated rings. The molecule has 0 amide bonds. The summed E-state index contributed by atoms with van der Waals surface area (Å²) in [5.74, 6) is 6.41. The summed E-state index contributed by atoms with van der Waals surface area (Å²) in [6.07, 6.45) is 5.38. The quantitative estimate of drug-likeness (QED) is 0.478. The summed E-state index contributed by atoms with van der Waals surface area (Å²) in [5.41, 5.74) is 2.48. The largest absolute Gasteiger partial charge is 0.463 e. The van der Waals surface area contributed by atoms with Crippen molar-refractivity contribution in [2.24, 2.45) is 5.84 Å². The van der Waals surface area contributed by atoms with E-state index >= 15 is 0 Å². The Balaban J connectivity index is 2.91. The van der Waals surface area contributed by atoms with Crippen molar-refractivity contribution in [1.29, 1.82) is 0 Å². The zero-order valence-electron chi connectivity index (χ0n) is 13.4. The number of aromatic nitrogens is 3. The minimum absolute atomic E-state index is 0.327. The van der Waals surface area contributed by atoms with Gasteiger partial charge < -0.3 is 9.64 Å². The van der Waals surface area contributed by atoms with E-state index in [9.17, 15) is 0 Å². The van der Waals surface area contributed by atoms with Crippen LogP contribution < -0.4 is 20.9 Å². The van der Waals surface area contributed by atoms with Gasteiger partial charge in [-0.15, -0.1) is 0 Å². The molecule has 0 unspecified atom stereocenters. The summed E-state index contributed by atoms with van der Waals surface area (Å²) in [4.78, 5) is 15.1. The lowest BCUT2D eigenvalue weighted by Crippen LogP contribution is -2.28. The minimum Gasteiger partial charge on any atom is -0.463 e. The molecule has 0 aliphatic rings. The Hall–Kier alpha value is -1.63. The van der Waals surface area contributed by atoms with Crippen LogP contribution in [-0.2, 0) is 0 Å². The fourth-order valence-electron chi connectivity index (χ4n) is 1.82. The molecule has 0 aliphatic carbocycles. The van der Waals surface area contributed by atoms with Gasteiger partial charge in [-0.3, -0.25) is 5.43 Å². The minimum atomic E-state index is 0.327. The predicted octanol–water partition coefficient (Wildman–Crippen LogP) is 2.35. The van der Waals surface area contributed by atoms with Gasteiger partial charge in [-0.05, 0) is 19.3 Å². The van der Waals surface area contributed by atoms with E-state index in [-0.39, 0.29) is 0 Å². The number of nitrogens with one attached hydrogen (secondary N) is 1. The van der Waals surface area contributed by atoms with Crippen molar-refractivity contribution in [3.63, 3.8) is 0 Å². The number of hydrogen-bond acceptors (Lipinski definition) is 7. The topological polar surface area (TPSA) is 89.2 Å². The normalized spacial score (nSPS) is 10.5. The molecule has 1 heterocycles. The Morgan fingerprint density at radius 1 is 1.00 bits per heavy atom. The lowest BCUT2D eigenvalue weighted by Gasteiger charge is -2.22. The smallest absolute Gasteiger partial charge is 0.323 e. The predicted molar refractivity (Wildman–Crippen MR) is 85.5 cm³/mol. The molecule has 0 aliphatic heterocycles. The molecule has 0 atom stereocenters. The number of hydrogen-bond donors (Lipinski definition) is 2. The van der Waals surface area contributed by atoms with Crippen molar-refractivity contribution < 1.29 is 4.74 Å². The van der Waals surface area contributed by atoms with E-state index in [1.54, 1.807) is 0 Å². The van der Waals surface area contributed by atoms with E-state index in [4.69, 9.17) is 10.6 Å². The molecule has 0 radical (unpaired) electrons. The van der Waals surface area contributed by atoms with Gasteiger partial charge in [0.05, 0.1) is 6.61 Å². The van der Waals surface area contributed by atoms with Gasteiger partial charge in [0, 0.05) is 13.1 Å². The van der Waals surface area contributed by atoms with E-state index in [1.807, 2.05) is 6.92 Å². The Labute approximate surface area is 127 Å². The zero-order chi connectivity index (χ0) is 15.5. The maximum Gasteiger partial charge on any atom is 0.323 e. The van der Waals surface area contributed by atoms with Crippen LogP contribution in [0, 0.1) is 0 Å². The van der Waals surface area contributed by atoms with Crippen LogP contribution in [0.4, 0.5) is 11.9 Å². The molecule has 7 nitrogen and oxygen atoms in total. The molecule has 21 heavy (non-hydrogen) atoms. The summed E-state index contributed by atoms with van der Waals surface area (Å²) in [6.45, 7) is 8.83. The monoisotopic (exact) mass is 296 g/mol. The summed E-state index contributed by atoms with van der Waals surface area (Å²) < 4.78 is 5.51. The van der Waals surface area contributed by atoms with Gasteiger partial charge in [-0.2, -0.15) is 15.0 Å². The average molecular weight is 296 g/mol. The lowest BCUT2D eigenvalue weighted by molar-refractivity contribution is 0.291. The SMILES string of the molecule is CCCCN(CCCC)c1nc(NN)nc(OCCC)n1. The Morgan fingerprint density at radius 2 is 1.67 bits per heavy atom. The first-order chi connectivity index (χ1) is 10.2. The van der Waals surface area contributed by atoms with Gasteiger partial charge in [0.1, 0.15) is 0 Å². The number of hydrazine groups is 1. The first-order valence-corrected chi connectivity index (χ1v) is 7.85. The van der Waals surface area contributed by atoms with Crippen LogP contribution in [0.1, 0.15) is 52.9 Å². The van der Waals surface area contributed by atoms with Crippen LogP contribution in [-0.4, -0.2) is 34.6 Å². The van der Waals surface area contributed by atoms with E-state index < -0.39 is 0 Å². The highest BCUT2D eigenvalue weighted by Crippen LogP contribution is 2.16. The second-order valence-electron chi connectivity index (χ2n) is 4.93. The second-order valence-corrected chi connectivity index (χ2v) is 4.93. The molecule has 0 saturated carbocycles. The molecule has 0 bridgehead atoms. The van der Waals surface area contributed by atoms with E-state index in [2.05, 4.69) is 39.1 Å². The molecule has 1 aromatic rings. The van der Waals surface area contributed by atoms with Gasteiger partial charge in [0.25, 0.3) is 0 Å². The third-order valence-electron chi connectivity index (χ3n) is 3.01. The average Bonchev–Trinajstić information content (AvgIpc) is 2.52. The van der Waals surface area contributed by atoms with E-state index in [0.29, 0.717) is 24.5 Å². The van der Waals surface area contributed by atoms with Gasteiger partial charge in [-0.25, -0.2) is 5.84 Å². The summed E-state index contributed by atoms with van der Waals surface area (Å²) >= 11 is 0. The maximum atomic E-state index is 5.51. The number of nitrogens with two attached hydrogens (primary N) is 1. The second kappa shape index (κ2) is 10.1. The van der Waals surface area contributed by atoms with Crippen LogP contribution in [0.3, 0.4) is 0 Å². The van der Waals surface area contributed by atoms with Crippen molar-refractivity contribution in [3.8, 4) is 6.01 Å². The molecule has 1 rings (SSSR count). The molecule has 0 spiro atoms. The summed E-state index contributed by atoms with van der Waals surface area (Å²) in [5, 5.41) is 0. The van der Waals surface area contributed by atoms with Gasteiger partial charge >= 0.3 is 6.01 Å². The van der Waals surface area contributed by atoms with Crippen molar-refractivity contribution in [2.45, 2.75) is 52.9 Å². The van der Waals surface area contributed by atoms with Crippen LogP contribution in [0.5, 0.6) is 6.01 Å². The van der Waals surface area contributed by atoms with Crippen molar-refractivity contribution in [3.05, 3.63) is 0 Å². The number of rotatable bonds is 11. The molecular formula is C14H28N6O. The third-order valence-corrected chi connectivity index (χ3v) is 3.01. The highest BCUT2D eigenvalue weighted by molar-refractivity contribution is 5.37. The van der Waals surface area contributed by atoms with Crippen molar-refractivity contribution in [2.75, 3.05) is 30.0 Å². The van der Waals surface area contributed by atoms with E-state index in [0.717, 1.165) is 45.2 Å². The molecule has 120 valence electrons. The van der Waals surface area contributed by atoms with Gasteiger partial charge in [0.15, 0.2) is 0 Å². The van der Waals surface area contributed by atoms with Gasteiger partial charge in [0.2, 0.25) is 11.9 Å². The molecule has 7 heteroatoms. The van der Waals surface area contributed by atoms with Gasteiger partial charge in [-0.1, -0.05) is 33.6 Å². The van der Waals surface area contributed by atoms with Crippen LogP contribution in [0.15, 0.2) is 0 Å². The van der Waals surface area contributed by atoms with Crippen molar-refractivity contribution >= 4 is 11.9 Å². The first kappa shape index (κ1) is 17.4. The molecule has 3 N–H and O–H groups in total. The Kier molecular flexibility index (Phi) is 8.42. The molecule has 0 aromatic carbocycles. The standard InChI is InChI=1S/C14H28N6O/c1-4-7-9-20(10-8-5-2)13-16-12(19-15)17-14(18-13)21-11-6-3/h4-11,15H2,1-3H3,(H,16,17,18,19). The van der Waals surface area contributed by atoms with E-state index in [1.165, 1.54) is 0 Å². The maximum absolute atomic E-state index is 5.51. The number of unbranched alkanes of at least 4 members (excludes halogenated alkanes) is 2. The highest BCUT2D eigenvalue weighted by atomic mass is 16.5. The number of nitrogens with zero attached hydrogens (tertiary/aromatic N) is 4. The van der Waals surface area contributed by atoms with Crippen molar-refractivity contribution in [1.82, 2.24) is 15.0 Å². The number of ether oxygens (including phenoxy) is 1. The van der Waals surface area contributed by atoms with Crippen LogP contribution in [0.25, 0.3) is 0 Å². The first-order valence-electron chi connectivity index (χ1n) is 7.85. The molecule has 1 aromatic heterocycles. The lowest BCUT2D eigenvalue weighted by atomic mass is 10.3. The zero-order valence-corrected chi connectivity index (χ0v) is 13.4. The fraction of sp³-hybridized carbons (Fsp3) is 0.786. The highest BCUT2D eigenvalue weighted by Gasteiger charge is 2.13. The Bertz CT molecular complexity index is 393. The summed E-state index contributed by atoms with van der Waals surface area (Å²) in [6, 6.07) is 0.327. The van der Waals surface area contributed by atoms with Crippen LogP contribution >= 0.6 is 0 Å². The van der Waals surface area contributed by atoms with Crippen LogP contribution in [0.2, 0.25) is 0 Å². The Morgan fingerprint density at radius 3 is 2.19 bits per heavy atom. The fourth-order valence-corrected chi connectivity index (χ4v) is 1.82. The third kappa shape index (κ3) is 6.12. The number of nitrogen functional groups attached to an aromatic ring is 1. The molecular weight excluding hydrogens is 268 g/mol. The summed E-state index contributed by atoms with van der Waals surface area (Å²) in [7, 11) is 0.